The molecule has 288 valence electrons. The minimum absolute atomic E-state index is 0.0133. The van der Waals surface area contributed by atoms with Crippen molar-refractivity contribution in [2.24, 2.45) is 23.7 Å². The lowest BCUT2D eigenvalue weighted by atomic mass is 9.85. The van der Waals surface area contributed by atoms with E-state index in [1.165, 1.54) is 0 Å². The molecule has 3 saturated heterocycles. The average Bonchev–Trinajstić information content (AvgIpc) is 3.07. The predicted octanol–water partition coefficient (Wildman–Crippen LogP) is 6.15. The highest BCUT2D eigenvalue weighted by Crippen LogP contribution is 2.43. The molecule has 3 rings (SSSR count). The fourth-order valence-electron chi connectivity index (χ4n) is 7.66. The fraction of sp³-hybridized carbons (Fsp3) is 0.875. The Bertz CT molecular complexity index is 1100. The van der Waals surface area contributed by atoms with Crippen LogP contribution in [0, 0.1) is 23.7 Å². The third-order valence-electron chi connectivity index (χ3n) is 11.4. The highest BCUT2D eigenvalue weighted by molar-refractivity contribution is 5.80. The maximum atomic E-state index is 12.9. The van der Waals surface area contributed by atoms with E-state index in [0.29, 0.717) is 31.2 Å². The number of nitrogens with one attached hydrogen (secondary N) is 2. The molecule has 0 bridgehead atoms. The molecule has 4 N–H and O–H groups in total. The summed E-state index contributed by atoms with van der Waals surface area (Å²) in [5, 5.41) is 26.2. The number of ether oxygens (including phenoxy) is 3. The van der Waals surface area contributed by atoms with Gasteiger partial charge in [-0.1, -0.05) is 40.7 Å². The van der Waals surface area contributed by atoms with Gasteiger partial charge in [-0.25, -0.2) is 0 Å². The summed E-state index contributed by atoms with van der Waals surface area (Å²) in [6.45, 7) is 14.4. The molecular formula is C40H70N2O8. The van der Waals surface area contributed by atoms with Gasteiger partial charge in [0, 0.05) is 38.8 Å². The van der Waals surface area contributed by atoms with Crippen LogP contribution in [0.4, 0.5) is 0 Å². The number of amides is 2. The van der Waals surface area contributed by atoms with Crippen molar-refractivity contribution in [3.8, 4) is 0 Å². The van der Waals surface area contributed by atoms with Gasteiger partial charge in [0.05, 0.1) is 49.0 Å². The number of aliphatic hydroxyl groups is 2. The van der Waals surface area contributed by atoms with Gasteiger partial charge in [-0.15, -0.1) is 0 Å². The monoisotopic (exact) mass is 707 g/mol. The Morgan fingerprint density at radius 1 is 0.900 bits per heavy atom. The Hall–Kier alpha value is -1.85. The summed E-state index contributed by atoms with van der Waals surface area (Å²) in [4.78, 5) is 37.7. The molecule has 10 nitrogen and oxygen atoms in total. The number of aliphatic hydroxyl groups excluding tert-OH is 2. The van der Waals surface area contributed by atoms with Crippen LogP contribution in [0.5, 0.6) is 0 Å². The van der Waals surface area contributed by atoms with Crippen molar-refractivity contribution in [1.29, 1.82) is 0 Å². The van der Waals surface area contributed by atoms with Crippen LogP contribution >= 0.6 is 0 Å². The van der Waals surface area contributed by atoms with Crippen molar-refractivity contribution in [3.05, 3.63) is 11.6 Å². The second kappa shape index (κ2) is 21.0. The smallest absolute Gasteiger partial charge is 0.225 e. The van der Waals surface area contributed by atoms with Gasteiger partial charge in [0.1, 0.15) is 5.78 Å². The summed E-state index contributed by atoms with van der Waals surface area (Å²) in [6.07, 6.45) is 12.9. The zero-order chi connectivity index (χ0) is 36.8. The highest BCUT2D eigenvalue weighted by Gasteiger charge is 2.44. The molecule has 0 aliphatic carbocycles. The Morgan fingerprint density at radius 2 is 1.64 bits per heavy atom. The van der Waals surface area contributed by atoms with E-state index in [-0.39, 0.29) is 60.9 Å². The lowest BCUT2D eigenvalue weighted by molar-refractivity contribution is -0.324. The summed E-state index contributed by atoms with van der Waals surface area (Å²) in [5.41, 5.74) is 1.01. The minimum atomic E-state index is -1.01. The molecule has 11 atom stereocenters. The average molecular weight is 707 g/mol. The third-order valence-corrected chi connectivity index (χ3v) is 11.4. The van der Waals surface area contributed by atoms with Crippen LogP contribution in [-0.4, -0.2) is 83.3 Å². The number of rotatable bonds is 19. The number of Topliss-reactive ketones (excluding diaryl/α,β-unsaturated/α-hetero) is 1. The third kappa shape index (κ3) is 13.9. The molecule has 3 aliphatic rings. The molecule has 0 aromatic carbocycles. The Labute approximate surface area is 302 Å². The van der Waals surface area contributed by atoms with Gasteiger partial charge in [-0.2, -0.15) is 0 Å². The lowest BCUT2D eigenvalue weighted by Gasteiger charge is -2.48. The normalized spacial score (nSPS) is 31.4. The van der Waals surface area contributed by atoms with Crippen LogP contribution < -0.4 is 10.6 Å². The van der Waals surface area contributed by atoms with Gasteiger partial charge in [0.2, 0.25) is 11.8 Å². The predicted molar refractivity (Wildman–Crippen MR) is 195 cm³/mol. The SMILES string of the molecule is CCCC(=O)CC1CCC(C)C(CC(=O)NCC(O)C(C)C(=O)NCCCC2OC3(CCCC(CCC(C)/C=C(\C)C(C)O)O3)CCC2C)O1. The molecule has 10 heteroatoms. The van der Waals surface area contributed by atoms with Crippen LogP contribution in [0.15, 0.2) is 11.6 Å². The number of hydrogen-bond donors (Lipinski definition) is 4. The van der Waals surface area contributed by atoms with Crippen LogP contribution in [0.2, 0.25) is 0 Å². The Kier molecular flexibility index (Phi) is 17.9. The molecular weight excluding hydrogens is 636 g/mol. The molecule has 3 fully saturated rings. The summed E-state index contributed by atoms with van der Waals surface area (Å²) < 4.78 is 19.5. The topological polar surface area (TPSA) is 143 Å². The van der Waals surface area contributed by atoms with Gasteiger partial charge in [-0.3, -0.25) is 14.4 Å². The van der Waals surface area contributed by atoms with Crippen LogP contribution in [0.25, 0.3) is 0 Å². The first-order valence-electron chi connectivity index (χ1n) is 19.8. The molecule has 50 heavy (non-hydrogen) atoms. The van der Waals surface area contributed by atoms with Crippen molar-refractivity contribution in [2.45, 2.75) is 187 Å². The molecule has 3 heterocycles. The summed E-state index contributed by atoms with van der Waals surface area (Å²) in [7, 11) is 0. The number of hydrogen-bond acceptors (Lipinski definition) is 8. The first-order valence-corrected chi connectivity index (χ1v) is 19.8. The number of carbonyl (C=O) groups excluding carboxylic acids is 3. The molecule has 0 aromatic heterocycles. The van der Waals surface area contributed by atoms with Crippen molar-refractivity contribution >= 4 is 17.6 Å². The summed E-state index contributed by atoms with van der Waals surface area (Å²) >= 11 is 0. The van der Waals surface area contributed by atoms with Crippen molar-refractivity contribution < 1.29 is 38.8 Å². The van der Waals surface area contributed by atoms with Crippen LogP contribution in [0.3, 0.4) is 0 Å². The summed E-state index contributed by atoms with van der Waals surface area (Å²) in [5.74, 6) is -0.449. The van der Waals surface area contributed by atoms with E-state index in [4.69, 9.17) is 14.2 Å². The zero-order valence-corrected chi connectivity index (χ0v) is 32.2. The molecule has 11 unspecified atom stereocenters. The number of carbonyl (C=O) groups is 3. The molecule has 3 aliphatic heterocycles. The van der Waals surface area contributed by atoms with Crippen LogP contribution in [0.1, 0.15) is 145 Å². The van der Waals surface area contributed by atoms with Crippen molar-refractivity contribution in [1.82, 2.24) is 10.6 Å². The van der Waals surface area contributed by atoms with E-state index >= 15 is 0 Å². The van der Waals surface area contributed by atoms with E-state index in [1.54, 1.807) is 13.8 Å². The maximum absolute atomic E-state index is 12.9. The molecule has 2 amide bonds. The Balaban J connectivity index is 1.35. The van der Waals surface area contributed by atoms with Gasteiger partial charge in [-0.05, 0) is 101 Å². The van der Waals surface area contributed by atoms with Crippen molar-refractivity contribution in [2.75, 3.05) is 13.1 Å². The largest absolute Gasteiger partial charge is 0.390 e. The molecule has 0 aromatic rings. The van der Waals surface area contributed by atoms with E-state index in [9.17, 15) is 24.6 Å². The zero-order valence-electron chi connectivity index (χ0n) is 32.2. The van der Waals surface area contributed by atoms with Crippen molar-refractivity contribution in [3.63, 3.8) is 0 Å². The minimum Gasteiger partial charge on any atom is -0.390 e. The molecule has 1 spiro atoms. The highest BCUT2D eigenvalue weighted by atomic mass is 16.7. The van der Waals surface area contributed by atoms with E-state index in [1.807, 2.05) is 13.8 Å². The van der Waals surface area contributed by atoms with E-state index < -0.39 is 23.9 Å². The second-order valence-corrected chi connectivity index (χ2v) is 16.0. The first-order chi connectivity index (χ1) is 23.7. The lowest BCUT2D eigenvalue weighted by Crippen LogP contribution is -2.50. The first kappa shape index (κ1) is 42.6. The Morgan fingerprint density at radius 3 is 2.36 bits per heavy atom. The number of allylic oxidation sites excluding steroid dienone is 1. The molecule has 0 saturated carbocycles. The van der Waals surface area contributed by atoms with Gasteiger partial charge >= 0.3 is 0 Å². The molecule has 0 radical (unpaired) electrons. The van der Waals surface area contributed by atoms with Gasteiger partial charge in [0.15, 0.2) is 5.79 Å². The maximum Gasteiger partial charge on any atom is 0.225 e. The van der Waals surface area contributed by atoms with Gasteiger partial charge < -0.3 is 35.1 Å². The fourth-order valence-corrected chi connectivity index (χ4v) is 7.66. The van der Waals surface area contributed by atoms with Gasteiger partial charge in [0.25, 0.3) is 0 Å². The standard InChI is InChI=1S/C40H70N2O8/c1-8-11-32(44)23-34-17-15-27(3)37(48-34)24-38(46)42-25-35(45)30(6)39(47)41-21-10-13-36-28(4)18-20-40(50-36)19-9-12-33(49-40)16-14-26(2)22-29(5)31(7)43/h22,26-28,30-31,33-37,43,45H,8-21,23-25H2,1-7H3,(H,41,47)(H,42,46)/b29-22+. The van der Waals surface area contributed by atoms with E-state index in [2.05, 4.69) is 37.5 Å². The summed E-state index contributed by atoms with van der Waals surface area (Å²) in [6, 6.07) is 0. The van der Waals surface area contributed by atoms with E-state index in [0.717, 1.165) is 82.6 Å². The van der Waals surface area contributed by atoms with Crippen LogP contribution in [-0.2, 0) is 28.6 Å². The number of ketones is 1. The quantitative estimate of drug-likeness (QED) is 0.0925. The second-order valence-electron chi connectivity index (χ2n) is 16.0.